The summed E-state index contributed by atoms with van der Waals surface area (Å²) >= 11 is 0. The summed E-state index contributed by atoms with van der Waals surface area (Å²) in [7, 11) is 0. The van der Waals surface area contributed by atoms with Crippen molar-refractivity contribution >= 4 is 34.5 Å². The molecule has 0 fully saturated rings. The summed E-state index contributed by atoms with van der Waals surface area (Å²) in [5, 5.41) is 20.0. The Balaban J connectivity index is 2.21. The van der Waals surface area contributed by atoms with E-state index in [0.717, 1.165) is 35.6 Å². The van der Waals surface area contributed by atoms with Crippen LogP contribution in [0.25, 0.3) is 10.8 Å². The van der Waals surface area contributed by atoms with Crippen molar-refractivity contribution in [1.82, 2.24) is 16.0 Å². The van der Waals surface area contributed by atoms with Gasteiger partial charge in [0.15, 0.2) is 0 Å². The Morgan fingerprint density at radius 1 is 0.738 bits per heavy atom. The molecule has 0 aliphatic rings. The van der Waals surface area contributed by atoms with E-state index in [9.17, 15) is 24.3 Å². The molecule has 4 N–H and O–H groups in total. The summed E-state index contributed by atoms with van der Waals surface area (Å²) < 4.78 is 0. The molecule has 2 rings (SSSR count). The van der Waals surface area contributed by atoms with Crippen LogP contribution in [0.1, 0.15) is 98.0 Å². The molecule has 0 aliphatic carbocycles. The molecule has 8 heteroatoms. The summed E-state index contributed by atoms with van der Waals surface area (Å²) in [4.78, 5) is 51.6. The summed E-state index contributed by atoms with van der Waals surface area (Å²) in [6.45, 7) is 9.49. The summed E-state index contributed by atoms with van der Waals surface area (Å²) in [5.41, 5.74) is 0.917. The van der Waals surface area contributed by atoms with Gasteiger partial charge in [-0.2, -0.15) is 0 Å². The van der Waals surface area contributed by atoms with E-state index >= 15 is 0 Å². The molecule has 0 spiro atoms. The van der Waals surface area contributed by atoms with E-state index in [1.54, 1.807) is 13.8 Å². The zero-order valence-corrected chi connectivity index (χ0v) is 26.1. The predicted molar refractivity (Wildman–Crippen MR) is 168 cm³/mol. The molecular formula is C34H51N3O5. The normalized spacial score (nSPS) is 13.5. The fourth-order valence-corrected chi connectivity index (χ4v) is 5.15. The van der Waals surface area contributed by atoms with E-state index in [4.69, 9.17) is 0 Å². The molecule has 42 heavy (non-hydrogen) atoms. The van der Waals surface area contributed by atoms with Crippen molar-refractivity contribution < 1.29 is 24.3 Å². The second kappa shape index (κ2) is 18.2. The maximum Gasteiger partial charge on any atom is 0.326 e. The molecule has 232 valence electrons. The number of carboxylic acids is 1. The maximum atomic E-state index is 13.7. The van der Waals surface area contributed by atoms with Crippen LogP contribution in [0.5, 0.6) is 0 Å². The second-order valence-electron chi connectivity index (χ2n) is 12.1. The Bertz CT molecular complexity index is 1160. The molecule has 0 saturated carbocycles. The average Bonchev–Trinajstić information content (AvgIpc) is 2.94. The molecule has 2 aromatic rings. The Labute approximate surface area is 251 Å². The number of carboxylic acid groups (broad SMARTS) is 1. The van der Waals surface area contributed by atoms with Gasteiger partial charge in [0.2, 0.25) is 17.7 Å². The van der Waals surface area contributed by atoms with Crippen LogP contribution in [0.2, 0.25) is 0 Å². The highest BCUT2D eigenvalue weighted by molar-refractivity contribution is 5.94. The third kappa shape index (κ3) is 11.8. The Hall–Kier alpha value is -3.42. The molecule has 0 saturated heterocycles. The van der Waals surface area contributed by atoms with Gasteiger partial charge in [-0.15, -0.1) is 0 Å². The van der Waals surface area contributed by atoms with Gasteiger partial charge in [-0.1, -0.05) is 116 Å². The number of rotatable bonds is 19. The van der Waals surface area contributed by atoms with E-state index in [-0.39, 0.29) is 24.2 Å². The van der Waals surface area contributed by atoms with Crippen molar-refractivity contribution in [3.05, 3.63) is 48.0 Å². The summed E-state index contributed by atoms with van der Waals surface area (Å²) in [6, 6.07) is 10.9. The van der Waals surface area contributed by atoms with Gasteiger partial charge in [-0.25, -0.2) is 4.79 Å². The maximum absolute atomic E-state index is 13.7. The second-order valence-corrected chi connectivity index (χ2v) is 12.1. The fourth-order valence-electron chi connectivity index (χ4n) is 5.15. The van der Waals surface area contributed by atoms with Gasteiger partial charge >= 0.3 is 5.97 Å². The predicted octanol–water partition coefficient (Wildman–Crippen LogP) is 5.76. The van der Waals surface area contributed by atoms with Crippen LogP contribution >= 0.6 is 0 Å². The lowest BCUT2D eigenvalue weighted by molar-refractivity contribution is -0.143. The van der Waals surface area contributed by atoms with Crippen LogP contribution in [0, 0.1) is 11.8 Å². The van der Waals surface area contributed by atoms with Crippen molar-refractivity contribution in [2.45, 2.75) is 117 Å². The van der Waals surface area contributed by atoms with Crippen LogP contribution in [-0.4, -0.2) is 46.9 Å². The topological polar surface area (TPSA) is 125 Å². The van der Waals surface area contributed by atoms with Crippen molar-refractivity contribution in [2.75, 3.05) is 0 Å². The molecule has 8 nitrogen and oxygen atoms in total. The van der Waals surface area contributed by atoms with E-state index in [1.807, 2.05) is 56.3 Å². The number of fused-ring (bicyclic) bond motifs is 1. The number of nitrogens with one attached hydrogen (secondary N) is 3. The van der Waals surface area contributed by atoms with Gasteiger partial charge in [-0.3, -0.25) is 14.4 Å². The van der Waals surface area contributed by atoms with Crippen LogP contribution in [0.15, 0.2) is 42.5 Å². The van der Waals surface area contributed by atoms with Crippen molar-refractivity contribution in [3.8, 4) is 0 Å². The molecule has 3 amide bonds. The smallest absolute Gasteiger partial charge is 0.326 e. The van der Waals surface area contributed by atoms with E-state index in [1.165, 1.54) is 25.7 Å². The lowest BCUT2D eigenvalue weighted by Crippen LogP contribution is -2.57. The van der Waals surface area contributed by atoms with Crippen molar-refractivity contribution in [3.63, 3.8) is 0 Å². The van der Waals surface area contributed by atoms with Gasteiger partial charge in [0.05, 0.1) is 0 Å². The highest BCUT2D eigenvalue weighted by Crippen LogP contribution is 2.20. The van der Waals surface area contributed by atoms with E-state index in [0.29, 0.717) is 12.8 Å². The van der Waals surface area contributed by atoms with Gasteiger partial charge in [0, 0.05) is 12.8 Å². The SMILES string of the molecule is CCCCCCCCCC(=O)N[C@@H](Cc1cccc2ccccc12)C(=O)N[C@@H](CC(C)C)C(=O)N[C@H](C(=O)O)C(C)C. The zero-order chi connectivity index (χ0) is 31.1. The highest BCUT2D eigenvalue weighted by Gasteiger charge is 2.31. The Morgan fingerprint density at radius 2 is 1.36 bits per heavy atom. The number of hydrogen-bond acceptors (Lipinski definition) is 4. The monoisotopic (exact) mass is 581 g/mol. The first kappa shape index (κ1) is 34.8. The highest BCUT2D eigenvalue weighted by atomic mass is 16.4. The van der Waals surface area contributed by atoms with Crippen LogP contribution < -0.4 is 16.0 Å². The van der Waals surface area contributed by atoms with Gasteiger partial charge in [-0.05, 0) is 41.0 Å². The summed E-state index contributed by atoms with van der Waals surface area (Å²) in [5.74, 6) is -2.60. The minimum Gasteiger partial charge on any atom is -0.480 e. The van der Waals surface area contributed by atoms with Crippen molar-refractivity contribution in [2.24, 2.45) is 11.8 Å². The molecule has 0 radical (unpaired) electrons. The van der Waals surface area contributed by atoms with E-state index < -0.39 is 35.9 Å². The molecule has 0 unspecified atom stereocenters. The number of amides is 3. The van der Waals surface area contributed by atoms with Gasteiger partial charge < -0.3 is 21.1 Å². The minimum absolute atomic E-state index is 0.0619. The molecule has 0 heterocycles. The number of hydrogen-bond donors (Lipinski definition) is 4. The van der Waals surface area contributed by atoms with Gasteiger partial charge in [0.1, 0.15) is 18.1 Å². The molecule has 0 aromatic heterocycles. The number of carbonyl (C=O) groups is 4. The Kier molecular flexibility index (Phi) is 15.1. The first-order chi connectivity index (χ1) is 20.0. The molecule has 2 aromatic carbocycles. The molecule has 3 atom stereocenters. The van der Waals surface area contributed by atoms with E-state index in [2.05, 4.69) is 22.9 Å². The first-order valence-corrected chi connectivity index (χ1v) is 15.6. The summed E-state index contributed by atoms with van der Waals surface area (Å²) in [6.07, 6.45) is 8.54. The van der Waals surface area contributed by atoms with Crippen LogP contribution in [0.3, 0.4) is 0 Å². The van der Waals surface area contributed by atoms with Crippen LogP contribution in [-0.2, 0) is 25.6 Å². The fraction of sp³-hybridized carbons (Fsp3) is 0.588. The number of carbonyl (C=O) groups excluding carboxylic acids is 3. The Morgan fingerprint density at radius 3 is 2.00 bits per heavy atom. The van der Waals surface area contributed by atoms with Crippen molar-refractivity contribution in [1.29, 1.82) is 0 Å². The number of unbranched alkanes of at least 4 members (excludes halogenated alkanes) is 6. The van der Waals surface area contributed by atoms with Gasteiger partial charge in [0.25, 0.3) is 0 Å². The minimum atomic E-state index is -1.13. The molecule has 0 aliphatic heterocycles. The largest absolute Gasteiger partial charge is 0.480 e. The van der Waals surface area contributed by atoms with Crippen LogP contribution in [0.4, 0.5) is 0 Å². The molecule has 0 bridgehead atoms. The zero-order valence-electron chi connectivity index (χ0n) is 26.1. The standard InChI is InChI=1S/C34H51N3O5/c1-6-7-8-9-10-11-12-20-30(38)35-29(22-26-18-15-17-25-16-13-14-19-27(25)26)32(39)36-28(21-23(2)3)33(40)37-31(24(4)5)34(41)42/h13-19,23-24,28-29,31H,6-12,20-22H2,1-5H3,(H,35,38)(H,36,39)(H,37,40)(H,41,42)/t28-,29-,31-/m0/s1. The molecular weight excluding hydrogens is 530 g/mol. The average molecular weight is 582 g/mol. The third-order valence-corrected chi connectivity index (χ3v) is 7.53. The third-order valence-electron chi connectivity index (χ3n) is 7.53. The quantitative estimate of drug-likeness (QED) is 0.157. The lowest BCUT2D eigenvalue weighted by Gasteiger charge is -2.26. The first-order valence-electron chi connectivity index (χ1n) is 15.6. The lowest BCUT2D eigenvalue weighted by atomic mass is 9.97. The number of aliphatic carboxylic acids is 1. The number of benzene rings is 2.